The lowest BCUT2D eigenvalue weighted by Gasteiger charge is -2.24. The molecule has 0 saturated carbocycles. The molecule has 4 rings (SSSR count). The Labute approximate surface area is 169 Å². The summed E-state index contributed by atoms with van der Waals surface area (Å²) >= 11 is 2.22. The van der Waals surface area contributed by atoms with Crippen molar-refractivity contribution >= 4 is 22.6 Å². The molecule has 0 bridgehead atoms. The van der Waals surface area contributed by atoms with Gasteiger partial charge in [-0.15, -0.1) is 5.10 Å². The second-order valence-electron chi connectivity index (χ2n) is 6.17. The zero-order valence-electron chi connectivity index (χ0n) is 14.7. The molecule has 3 heterocycles. The third-order valence-electron chi connectivity index (χ3n) is 4.54. The van der Waals surface area contributed by atoms with Crippen LogP contribution in [0.15, 0.2) is 48.2 Å². The lowest BCUT2D eigenvalue weighted by atomic mass is 9.86. The van der Waals surface area contributed by atoms with Gasteiger partial charge in [-0.2, -0.15) is 0 Å². The number of hydrogen-bond donors (Lipinski definition) is 2. The van der Waals surface area contributed by atoms with E-state index in [-0.39, 0.29) is 11.8 Å². The Morgan fingerprint density at radius 1 is 1.41 bits per heavy atom. The lowest BCUT2D eigenvalue weighted by Crippen LogP contribution is -2.20. The SMILES string of the molecule is [C-]#[N+]C1=C(N)Oc2n[nH]c(-c3ccn(C)c3)c2C1c1ccc(OC)c(I)c1. The summed E-state index contributed by atoms with van der Waals surface area (Å²) in [6, 6.07) is 7.83. The van der Waals surface area contributed by atoms with E-state index in [0.29, 0.717) is 11.6 Å². The minimum atomic E-state index is -0.375. The second-order valence-corrected chi connectivity index (χ2v) is 7.34. The molecule has 27 heavy (non-hydrogen) atoms. The van der Waals surface area contributed by atoms with Gasteiger partial charge >= 0.3 is 0 Å². The smallest absolute Gasteiger partial charge is 0.241 e. The van der Waals surface area contributed by atoms with Gasteiger partial charge in [0.2, 0.25) is 11.6 Å². The third kappa shape index (κ3) is 2.84. The van der Waals surface area contributed by atoms with E-state index in [1.807, 2.05) is 48.3 Å². The summed E-state index contributed by atoms with van der Waals surface area (Å²) in [6.45, 7) is 7.66. The summed E-state index contributed by atoms with van der Waals surface area (Å²) < 4.78 is 13.9. The number of H-pyrrole nitrogens is 1. The molecule has 0 aliphatic carbocycles. The van der Waals surface area contributed by atoms with Crippen molar-refractivity contribution in [2.75, 3.05) is 7.11 Å². The Kier molecular flexibility index (Phi) is 4.31. The zero-order chi connectivity index (χ0) is 19.1. The first-order valence-corrected chi connectivity index (χ1v) is 9.20. The number of aryl methyl sites for hydroxylation is 1. The van der Waals surface area contributed by atoms with E-state index in [2.05, 4.69) is 37.6 Å². The quantitative estimate of drug-likeness (QED) is 0.450. The van der Waals surface area contributed by atoms with Crippen molar-refractivity contribution in [3.63, 3.8) is 0 Å². The van der Waals surface area contributed by atoms with E-state index in [9.17, 15) is 0 Å². The van der Waals surface area contributed by atoms with Gasteiger partial charge in [0.15, 0.2) is 5.88 Å². The van der Waals surface area contributed by atoms with Crippen LogP contribution in [-0.2, 0) is 7.05 Å². The van der Waals surface area contributed by atoms with Gasteiger partial charge in [0.25, 0.3) is 0 Å². The Morgan fingerprint density at radius 3 is 2.85 bits per heavy atom. The summed E-state index contributed by atoms with van der Waals surface area (Å²) in [7, 11) is 3.59. The first-order valence-electron chi connectivity index (χ1n) is 8.12. The molecular weight excluding hydrogens is 457 g/mol. The largest absolute Gasteiger partial charge is 0.496 e. The van der Waals surface area contributed by atoms with Crippen LogP contribution in [0.25, 0.3) is 16.1 Å². The van der Waals surface area contributed by atoms with Crippen LogP contribution in [0.2, 0.25) is 0 Å². The van der Waals surface area contributed by atoms with Crippen LogP contribution >= 0.6 is 22.6 Å². The topological polar surface area (TPSA) is 82.5 Å². The van der Waals surface area contributed by atoms with Crippen LogP contribution in [-0.4, -0.2) is 21.9 Å². The van der Waals surface area contributed by atoms with Crippen LogP contribution in [0, 0.1) is 10.1 Å². The van der Waals surface area contributed by atoms with Crippen LogP contribution in [0.5, 0.6) is 11.6 Å². The van der Waals surface area contributed by atoms with Gasteiger partial charge in [-0.25, -0.2) is 4.85 Å². The average molecular weight is 473 g/mol. The predicted molar refractivity (Wildman–Crippen MR) is 109 cm³/mol. The van der Waals surface area contributed by atoms with Crippen molar-refractivity contribution in [2.45, 2.75) is 5.92 Å². The maximum Gasteiger partial charge on any atom is 0.241 e. The number of halogens is 1. The van der Waals surface area contributed by atoms with Crippen molar-refractivity contribution in [3.8, 4) is 22.9 Å². The fourth-order valence-corrected chi connectivity index (χ4v) is 4.05. The number of rotatable bonds is 3. The van der Waals surface area contributed by atoms with E-state index in [1.165, 1.54) is 0 Å². The van der Waals surface area contributed by atoms with E-state index < -0.39 is 0 Å². The number of nitrogens with two attached hydrogens (primary N) is 1. The summed E-state index contributed by atoms with van der Waals surface area (Å²) in [4.78, 5) is 3.68. The van der Waals surface area contributed by atoms with Gasteiger partial charge in [-0.1, -0.05) is 6.07 Å². The monoisotopic (exact) mass is 473 g/mol. The molecule has 1 atom stereocenters. The average Bonchev–Trinajstić information content (AvgIpc) is 3.26. The van der Waals surface area contributed by atoms with Gasteiger partial charge in [-0.05, 0) is 46.4 Å². The second kappa shape index (κ2) is 6.66. The first kappa shape index (κ1) is 17.5. The molecule has 136 valence electrons. The molecule has 0 amide bonds. The molecule has 0 spiro atoms. The van der Waals surface area contributed by atoms with Gasteiger partial charge in [0, 0.05) is 30.6 Å². The Bertz CT molecular complexity index is 1110. The normalized spacial score (nSPS) is 15.9. The van der Waals surface area contributed by atoms with Crippen molar-refractivity contribution in [3.05, 3.63) is 74.4 Å². The predicted octanol–water partition coefficient (Wildman–Crippen LogP) is 3.60. The molecule has 8 heteroatoms. The molecule has 2 aromatic heterocycles. The number of aromatic amines is 1. The minimum Gasteiger partial charge on any atom is -0.496 e. The van der Waals surface area contributed by atoms with Gasteiger partial charge < -0.3 is 19.8 Å². The van der Waals surface area contributed by atoms with Crippen molar-refractivity contribution in [2.24, 2.45) is 12.8 Å². The molecule has 0 saturated heterocycles. The van der Waals surface area contributed by atoms with E-state index in [1.54, 1.807) is 7.11 Å². The number of nitrogens with zero attached hydrogens (tertiary/aromatic N) is 3. The number of ether oxygens (including phenoxy) is 2. The highest BCUT2D eigenvalue weighted by molar-refractivity contribution is 14.1. The van der Waals surface area contributed by atoms with Crippen molar-refractivity contribution in [1.82, 2.24) is 14.8 Å². The molecule has 0 radical (unpaired) electrons. The number of benzene rings is 1. The third-order valence-corrected chi connectivity index (χ3v) is 5.38. The van der Waals surface area contributed by atoms with Gasteiger partial charge in [0.05, 0.1) is 28.9 Å². The van der Waals surface area contributed by atoms with Crippen LogP contribution in [0.4, 0.5) is 0 Å². The molecule has 1 unspecified atom stereocenters. The molecular formula is C19H16IN5O2. The van der Waals surface area contributed by atoms with Crippen LogP contribution in [0.1, 0.15) is 17.0 Å². The maximum atomic E-state index is 7.66. The number of methoxy groups -OCH3 is 1. The van der Waals surface area contributed by atoms with E-state index >= 15 is 0 Å². The van der Waals surface area contributed by atoms with Crippen molar-refractivity contribution < 1.29 is 9.47 Å². The molecule has 0 fully saturated rings. The maximum absolute atomic E-state index is 7.66. The fourth-order valence-electron chi connectivity index (χ4n) is 3.29. The van der Waals surface area contributed by atoms with Gasteiger partial charge in [-0.3, -0.25) is 5.10 Å². The van der Waals surface area contributed by atoms with Crippen LogP contribution < -0.4 is 15.2 Å². The Balaban J connectivity index is 1.94. The summed E-state index contributed by atoms with van der Waals surface area (Å²) in [5.41, 5.74) is 9.90. The minimum absolute atomic E-state index is 0.0828. The number of nitrogens with one attached hydrogen (secondary N) is 1. The molecule has 7 nitrogen and oxygen atoms in total. The molecule has 3 aromatic rings. The Morgan fingerprint density at radius 2 is 2.22 bits per heavy atom. The Hall–Kier alpha value is -2.93. The highest BCUT2D eigenvalue weighted by Crippen LogP contribution is 2.46. The van der Waals surface area contributed by atoms with Gasteiger partial charge in [0.1, 0.15) is 5.75 Å². The standard InChI is InChI=1S/C19H16IN5O2/c1-22-17-14(10-4-5-13(26-3)12(20)8-10)15-16(11-6-7-25(2)9-11)23-24-19(15)27-18(17)21/h4-9,14H,21H2,2-3H3,(H,23,24). The first-order chi connectivity index (χ1) is 13.0. The fraction of sp³-hybridized carbons (Fsp3) is 0.158. The number of fused-ring (bicyclic) bond motifs is 1. The highest BCUT2D eigenvalue weighted by Gasteiger charge is 2.36. The molecule has 1 aliphatic heterocycles. The summed E-state index contributed by atoms with van der Waals surface area (Å²) in [5, 5.41) is 7.34. The molecule has 1 aromatic carbocycles. The number of aromatic nitrogens is 3. The highest BCUT2D eigenvalue weighted by atomic mass is 127. The van der Waals surface area contributed by atoms with E-state index in [0.717, 1.165) is 31.7 Å². The summed E-state index contributed by atoms with van der Waals surface area (Å²) in [6.07, 6.45) is 3.94. The van der Waals surface area contributed by atoms with E-state index in [4.69, 9.17) is 21.8 Å². The molecule has 1 aliphatic rings. The van der Waals surface area contributed by atoms with Crippen molar-refractivity contribution in [1.29, 1.82) is 0 Å². The zero-order valence-corrected chi connectivity index (χ0v) is 16.8. The summed E-state index contributed by atoms with van der Waals surface area (Å²) in [5.74, 6) is 0.886. The number of hydrogen-bond acceptors (Lipinski definition) is 4. The van der Waals surface area contributed by atoms with Crippen LogP contribution in [0.3, 0.4) is 0 Å². The number of allylic oxidation sites excluding steroid dienone is 1. The molecule has 3 N–H and O–H groups in total. The lowest BCUT2D eigenvalue weighted by molar-refractivity contribution is 0.378.